The number of hydrogen-bond donors (Lipinski definition) is 1. The summed E-state index contributed by atoms with van der Waals surface area (Å²) in [4.78, 5) is 26.6. The molecule has 240 valence electrons. The van der Waals surface area contributed by atoms with Gasteiger partial charge < -0.3 is 19.2 Å². The van der Waals surface area contributed by atoms with Gasteiger partial charge in [0.2, 0.25) is 0 Å². The maximum absolute atomic E-state index is 14.0. The molecule has 47 heavy (non-hydrogen) atoms. The number of aryl methyl sites for hydroxylation is 1. The highest BCUT2D eigenvalue weighted by Crippen LogP contribution is 2.35. The molecule has 3 heterocycles. The van der Waals surface area contributed by atoms with E-state index in [0.717, 1.165) is 45.2 Å². The van der Waals surface area contributed by atoms with Gasteiger partial charge in [-0.1, -0.05) is 36.0 Å². The summed E-state index contributed by atoms with van der Waals surface area (Å²) in [7, 11) is 3.25. The molecule has 0 bridgehead atoms. The van der Waals surface area contributed by atoms with Crippen LogP contribution in [0.25, 0.3) is 5.69 Å². The average molecular weight is 651 g/mol. The summed E-state index contributed by atoms with van der Waals surface area (Å²) in [5, 5.41) is 18.6. The van der Waals surface area contributed by atoms with Crippen LogP contribution in [-0.2, 0) is 11.3 Å². The summed E-state index contributed by atoms with van der Waals surface area (Å²) < 4.78 is 17.8. The van der Waals surface area contributed by atoms with Gasteiger partial charge in [-0.3, -0.25) is 14.2 Å². The van der Waals surface area contributed by atoms with Crippen LogP contribution in [0.5, 0.6) is 11.5 Å². The van der Waals surface area contributed by atoms with Crippen LogP contribution in [0.15, 0.2) is 99.8 Å². The predicted molar refractivity (Wildman–Crippen MR) is 178 cm³/mol. The second-order valence-electron chi connectivity index (χ2n) is 10.9. The largest absolute Gasteiger partial charge is 0.497 e. The van der Waals surface area contributed by atoms with Crippen LogP contribution in [0, 0.1) is 13.8 Å². The van der Waals surface area contributed by atoms with Crippen molar-refractivity contribution < 1.29 is 23.5 Å². The lowest BCUT2D eigenvalue weighted by Gasteiger charge is -2.22. The molecule has 6 rings (SSSR count). The van der Waals surface area contributed by atoms with E-state index in [9.17, 15) is 9.59 Å². The molecule has 2 aromatic heterocycles. The lowest BCUT2D eigenvalue weighted by molar-refractivity contribution is -0.130. The number of rotatable bonds is 11. The van der Waals surface area contributed by atoms with Crippen LogP contribution in [0.4, 0.5) is 0 Å². The summed E-state index contributed by atoms with van der Waals surface area (Å²) in [6.45, 7) is 4.16. The van der Waals surface area contributed by atoms with Crippen LogP contribution < -0.4 is 14.8 Å². The Kier molecular flexibility index (Phi) is 9.39. The van der Waals surface area contributed by atoms with Crippen molar-refractivity contribution in [1.82, 2.24) is 25.1 Å². The third-order valence-corrected chi connectivity index (χ3v) is 9.00. The number of nitrogens with zero attached hydrogens (tertiary/aromatic N) is 5. The predicted octanol–water partition coefficient (Wildman–Crippen LogP) is 5.89. The number of methoxy groups -OCH3 is 2. The zero-order chi connectivity index (χ0) is 32.9. The number of hydrazone groups is 1. The maximum atomic E-state index is 14.0. The van der Waals surface area contributed by atoms with Gasteiger partial charge in [0.1, 0.15) is 11.5 Å². The van der Waals surface area contributed by atoms with E-state index in [1.54, 1.807) is 31.4 Å². The Bertz CT molecular complexity index is 1900. The molecule has 1 atom stereocenters. The minimum atomic E-state index is -0.362. The van der Waals surface area contributed by atoms with E-state index in [0.29, 0.717) is 17.4 Å². The van der Waals surface area contributed by atoms with E-state index in [2.05, 4.69) is 15.5 Å². The van der Waals surface area contributed by atoms with E-state index < -0.39 is 0 Å². The molecule has 0 fully saturated rings. The highest BCUT2D eigenvalue weighted by molar-refractivity contribution is 7.99. The van der Waals surface area contributed by atoms with E-state index in [1.165, 1.54) is 18.0 Å². The lowest BCUT2D eigenvalue weighted by Crippen LogP contribution is -2.28. The Labute approximate surface area is 276 Å². The normalized spacial score (nSPS) is 14.2. The van der Waals surface area contributed by atoms with Crippen molar-refractivity contribution >= 4 is 29.3 Å². The summed E-state index contributed by atoms with van der Waals surface area (Å²) in [6.07, 6.45) is 2.00. The summed E-state index contributed by atoms with van der Waals surface area (Å²) in [6, 6.07) is 24.3. The Morgan fingerprint density at radius 2 is 1.66 bits per heavy atom. The first kappa shape index (κ1) is 31.6. The second-order valence-corrected chi connectivity index (χ2v) is 11.9. The van der Waals surface area contributed by atoms with Crippen molar-refractivity contribution in [3.63, 3.8) is 0 Å². The van der Waals surface area contributed by atoms with Crippen molar-refractivity contribution in [1.29, 1.82) is 0 Å². The zero-order valence-corrected chi connectivity index (χ0v) is 27.3. The summed E-state index contributed by atoms with van der Waals surface area (Å²) in [5.41, 5.74) is 5.66. The highest BCUT2D eigenvalue weighted by Gasteiger charge is 2.33. The summed E-state index contributed by atoms with van der Waals surface area (Å²) in [5.74, 6) is 1.73. The van der Waals surface area contributed by atoms with Crippen LogP contribution in [-0.4, -0.2) is 57.3 Å². The minimum Gasteiger partial charge on any atom is -0.497 e. The van der Waals surface area contributed by atoms with Gasteiger partial charge in [-0.15, -0.1) is 10.2 Å². The second kappa shape index (κ2) is 14.0. The Hall–Kier alpha value is -5.36. The lowest BCUT2D eigenvalue weighted by atomic mass is 9.98. The Morgan fingerprint density at radius 3 is 2.34 bits per heavy atom. The first-order valence-corrected chi connectivity index (χ1v) is 16.0. The van der Waals surface area contributed by atoms with Crippen molar-refractivity contribution in [3.8, 4) is 17.2 Å². The van der Waals surface area contributed by atoms with E-state index in [-0.39, 0.29) is 35.9 Å². The van der Waals surface area contributed by atoms with E-state index >= 15 is 0 Å². The van der Waals surface area contributed by atoms with Gasteiger partial charge in [0.15, 0.2) is 16.7 Å². The quantitative estimate of drug-likeness (QED) is 0.176. The van der Waals surface area contributed by atoms with Gasteiger partial charge >= 0.3 is 0 Å². The van der Waals surface area contributed by atoms with Crippen molar-refractivity contribution in [2.45, 2.75) is 38.0 Å². The molecule has 1 aliphatic rings. The van der Waals surface area contributed by atoms with Crippen LogP contribution in [0.1, 0.15) is 51.1 Å². The van der Waals surface area contributed by atoms with E-state index in [4.69, 9.17) is 19.0 Å². The number of carbonyl (C=O) groups is 2. The van der Waals surface area contributed by atoms with Gasteiger partial charge in [0.25, 0.3) is 11.8 Å². The fourth-order valence-electron chi connectivity index (χ4n) is 5.36. The molecule has 0 spiro atoms. The first-order valence-electron chi connectivity index (χ1n) is 15.0. The van der Waals surface area contributed by atoms with Gasteiger partial charge in [0.05, 0.1) is 50.2 Å². The van der Waals surface area contributed by atoms with Crippen LogP contribution >= 0.6 is 11.8 Å². The molecule has 2 amide bonds. The number of carbonyl (C=O) groups excluding carboxylic acids is 2. The molecule has 0 saturated heterocycles. The minimum absolute atomic E-state index is 0.0633. The van der Waals surface area contributed by atoms with Gasteiger partial charge in [0, 0.05) is 6.42 Å². The van der Waals surface area contributed by atoms with Gasteiger partial charge in [-0.2, -0.15) is 5.10 Å². The molecule has 0 saturated carbocycles. The third-order valence-electron chi connectivity index (χ3n) is 8.08. The Balaban J connectivity index is 1.27. The number of nitrogens with one attached hydrogen (secondary N) is 1. The fourth-order valence-corrected chi connectivity index (χ4v) is 6.17. The van der Waals surface area contributed by atoms with Crippen LogP contribution in [0.2, 0.25) is 0 Å². The summed E-state index contributed by atoms with van der Waals surface area (Å²) >= 11 is 1.27. The molecule has 12 heteroatoms. The topological polar surface area (TPSA) is 124 Å². The number of ether oxygens (including phenoxy) is 2. The molecular formula is C35H34N6O5S. The number of hydrogen-bond acceptors (Lipinski definition) is 9. The van der Waals surface area contributed by atoms with Crippen molar-refractivity contribution in [2.24, 2.45) is 5.10 Å². The molecule has 0 radical (unpaired) electrons. The number of aromatic nitrogens is 3. The standard InChI is InChI=1S/C35H34N6O5S/c1-22-7-5-8-29(23(22)2)40-32(20-36-34(43)31-9-6-18-46-31)37-38-35(40)47-21-33(42)41-30(25-12-16-27(45-4)17-13-25)19-28(39-41)24-10-14-26(44-3)15-11-24/h5-18,30H,19-21H2,1-4H3,(H,36,43). The average Bonchev–Trinajstić information content (AvgIpc) is 3.88. The molecule has 3 aromatic carbocycles. The van der Waals surface area contributed by atoms with E-state index in [1.807, 2.05) is 85.1 Å². The fraction of sp³-hybridized carbons (Fsp3) is 0.229. The number of amides is 2. The molecule has 1 N–H and O–H groups in total. The molecule has 1 unspecified atom stereocenters. The zero-order valence-electron chi connectivity index (χ0n) is 26.5. The monoisotopic (exact) mass is 650 g/mol. The van der Waals surface area contributed by atoms with Crippen molar-refractivity contribution in [2.75, 3.05) is 20.0 Å². The first-order chi connectivity index (χ1) is 22.9. The maximum Gasteiger partial charge on any atom is 0.287 e. The third kappa shape index (κ3) is 6.77. The smallest absolute Gasteiger partial charge is 0.287 e. The van der Waals surface area contributed by atoms with Crippen LogP contribution in [0.3, 0.4) is 0 Å². The SMILES string of the molecule is COc1ccc(C2=NN(C(=O)CSc3nnc(CNC(=O)c4ccco4)n3-c3cccc(C)c3C)C(c3ccc(OC)cc3)C2)cc1. The van der Waals surface area contributed by atoms with Gasteiger partial charge in [-0.05, 0) is 90.7 Å². The van der Waals surface area contributed by atoms with Gasteiger partial charge in [-0.25, -0.2) is 5.01 Å². The molecule has 11 nitrogen and oxygen atoms in total. The Morgan fingerprint density at radius 1 is 0.936 bits per heavy atom. The molecule has 0 aliphatic carbocycles. The molecule has 1 aliphatic heterocycles. The van der Waals surface area contributed by atoms with Crippen molar-refractivity contribution in [3.05, 3.63) is 119 Å². The highest BCUT2D eigenvalue weighted by atomic mass is 32.2. The number of furan rings is 1. The number of thioether (sulfide) groups is 1. The molecule has 5 aromatic rings. The number of benzene rings is 3. The molecular weight excluding hydrogens is 616 g/mol.